The summed E-state index contributed by atoms with van der Waals surface area (Å²) in [5.41, 5.74) is 2.20. The van der Waals surface area contributed by atoms with Crippen molar-refractivity contribution in [1.29, 1.82) is 0 Å². The average Bonchev–Trinajstić information content (AvgIpc) is 2.91. The minimum atomic E-state index is -0.933. The molecule has 5 nitrogen and oxygen atoms in total. The SMILES string of the molecule is CCOC(=O)c1cc(F)c(Oc2ccc3c(c2)COB3O)cc1C. The Kier molecular flexibility index (Phi) is 4.55. The third-order valence-corrected chi connectivity index (χ3v) is 3.78. The van der Waals surface area contributed by atoms with Crippen LogP contribution < -0.4 is 10.2 Å². The highest BCUT2D eigenvalue weighted by atomic mass is 19.1. The van der Waals surface area contributed by atoms with Gasteiger partial charge < -0.3 is 19.2 Å². The minimum absolute atomic E-state index is 0.0139. The molecule has 0 aromatic heterocycles. The number of aryl methyl sites for hydroxylation is 1. The van der Waals surface area contributed by atoms with Crippen LogP contribution in [0.25, 0.3) is 0 Å². The van der Waals surface area contributed by atoms with Crippen LogP contribution in [0.3, 0.4) is 0 Å². The molecule has 3 rings (SSSR count). The van der Waals surface area contributed by atoms with Crippen molar-refractivity contribution in [1.82, 2.24) is 0 Å². The maximum absolute atomic E-state index is 14.3. The van der Waals surface area contributed by atoms with Crippen LogP contribution in [-0.4, -0.2) is 24.7 Å². The van der Waals surface area contributed by atoms with Gasteiger partial charge in [0.25, 0.3) is 0 Å². The predicted octanol–water partition coefficient (Wildman–Crippen LogP) is 2.32. The van der Waals surface area contributed by atoms with E-state index in [1.807, 2.05) is 0 Å². The lowest BCUT2D eigenvalue weighted by Gasteiger charge is -2.11. The van der Waals surface area contributed by atoms with Gasteiger partial charge in [0.1, 0.15) is 5.75 Å². The van der Waals surface area contributed by atoms with E-state index < -0.39 is 18.9 Å². The van der Waals surface area contributed by atoms with Crippen LogP contribution in [0.5, 0.6) is 11.5 Å². The van der Waals surface area contributed by atoms with Crippen molar-refractivity contribution in [2.45, 2.75) is 20.5 Å². The zero-order valence-electron chi connectivity index (χ0n) is 13.3. The molecule has 2 aromatic carbocycles. The molecule has 0 atom stereocenters. The normalized spacial score (nSPS) is 12.9. The van der Waals surface area contributed by atoms with Crippen molar-refractivity contribution in [2.75, 3.05) is 6.61 Å². The first kappa shape index (κ1) is 16.5. The molecule has 0 unspecified atom stereocenters. The Balaban J connectivity index is 1.86. The van der Waals surface area contributed by atoms with Crippen molar-refractivity contribution in [3.05, 3.63) is 52.8 Å². The van der Waals surface area contributed by atoms with Gasteiger partial charge in [0.05, 0.1) is 18.8 Å². The molecule has 0 saturated heterocycles. The number of hydrogen-bond donors (Lipinski definition) is 1. The molecule has 1 heterocycles. The molecule has 1 aliphatic heterocycles. The number of rotatable bonds is 4. The maximum Gasteiger partial charge on any atom is 0.491 e. The van der Waals surface area contributed by atoms with Crippen molar-refractivity contribution >= 4 is 18.6 Å². The third kappa shape index (κ3) is 3.13. The van der Waals surface area contributed by atoms with Crippen LogP contribution in [0.4, 0.5) is 4.39 Å². The Bertz CT molecular complexity index is 793. The fourth-order valence-electron chi connectivity index (χ4n) is 2.56. The van der Waals surface area contributed by atoms with Crippen molar-refractivity contribution < 1.29 is 28.3 Å². The van der Waals surface area contributed by atoms with E-state index in [0.717, 1.165) is 11.6 Å². The summed E-state index contributed by atoms with van der Waals surface area (Å²) in [6.07, 6.45) is 0. The fourth-order valence-corrected chi connectivity index (χ4v) is 2.56. The highest BCUT2D eigenvalue weighted by Crippen LogP contribution is 2.28. The van der Waals surface area contributed by atoms with E-state index >= 15 is 0 Å². The summed E-state index contributed by atoms with van der Waals surface area (Å²) in [6, 6.07) is 7.58. The summed E-state index contributed by atoms with van der Waals surface area (Å²) in [6.45, 7) is 3.87. The smallest absolute Gasteiger partial charge is 0.462 e. The second-order valence-corrected chi connectivity index (χ2v) is 5.44. The minimum Gasteiger partial charge on any atom is -0.462 e. The highest BCUT2D eigenvalue weighted by Gasteiger charge is 2.27. The number of ether oxygens (including phenoxy) is 2. The first-order chi connectivity index (χ1) is 11.5. The van der Waals surface area contributed by atoms with Gasteiger partial charge in [0.2, 0.25) is 0 Å². The molecule has 0 bridgehead atoms. The summed E-state index contributed by atoms with van der Waals surface area (Å²) < 4.78 is 29.8. The van der Waals surface area contributed by atoms with E-state index in [0.29, 0.717) is 16.8 Å². The van der Waals surface area contributed by atoms with Gasteiger partial charge in [0, 0.05) is 0 Å². The number of hydrogen-bond acceptors (Lipinski definition) is 5. The molecule has 0 spiro atoms. The third-order valence-electron chi connectivity index (χ3n) is 3.78. The van der Waals surface area contributed by atoms with Crippen LogP contribution in [0.1, 0.15) is 28.4 Å². The zero-order valence-corrected chi connectivity index (χ0v) is 13.3. The lowest BCUT2D eigenvalue weighted by atomic mass is 9.80. The van der Waals surface area contributed by atoms with E-state index in [1.165, 1.54) is 6.07 Å². The van der Waals surface area contributed by atoms with Gasteiger partial charge in [-0.1, -0.05) is 6.07 Å². The summed E-state index contributed by atoms with van der Waals surface area (Å²) in [7, 11) is -0.933. The van der Waals surface area contributed by atoms with Crippen LogP contribution in [0, 0.1) is 12.7 Å². The summed E-state index contributed by atoms with van der Waals surface area (Å²) in [4.78, 5) is 11.8. The van der Waals surface area contributed by atoms with Crippen molar-refractivity contribution in [3.8, 4) is 11.5 Å². The molecular formula is C17H16BFO5. The van der Waals surface area contributed by atoms with Crippen LogP contribution in [-0.2, 0) is 16.0 Å². The Morgan fingerprint density at radius 2 is 2.17 bits per heavy atom. The van der Waals surface area contributed by atoms with Gasteiger partial charge in [-0.15, -0.1) is 0 Å². The second kappa shape index (κ2) is 6.63. The van der Waals surface area contributed by atoms with Crippen LogP contribution >= 0.6 is 0 Å². The summed E-state index contributed by atoms with van der Waals surface area (Å²) >= 11 is 0. The highest BCUT2D eigenvalue weighted by molar-refractivity contribution is 6.61. The van der Waals surface area contributed by atoms with Crippen LogP contribution in [0.2, 0.25) is 0 Å². The van der Waals surface area contributed by atoms with E-state index in [1.54, 1.807) is 32.0 Å². The first-order valence-corrected chi connectivity index (χ1v) is 7.57. The summed E-state index contributed by atoms with van der Waals surface area (Å²) in [5, 5.41) is 9.60. The van der Waals surface area contributed by atoms with Crippen molar-refractivity contribution in [3.63, 3.8) is 0 Å². The molecule has 7 heteroatoms. The molecule has 0 fully saturated rings. The molecule has 0 radical (unpaired) electrons. The monoisotopic (exact) mass is 330 g/mol. The van der Waals surface area contributed by atoms with E-state index in [9.17, 15) is 14.2 Å². The van der Waals surface area contributed by atoms with Gasteiger partial charge in [-0.2, -0.15) is 0 Å². The Morgan fingerprint density at radius 3 is 2.92 bits per heavy atom. The fraction of sp³-hybridized carbons (Fsp3) is 0.235. The van der Waals surface area contributed by atoms with Gasteiger partial charge in [-0.3, -0.25) is 0 Å². The number of fused-ring (bicyclic) bond motifs is 1. The standard InChI is InChI=1S/C17H16BFO5/c1-3-22-17(20)13-8-15(19)16(6-10(13)2)24-12-4-5-14-11(7-12)9-23-18(14)21/h4-8,21H,3,9H2,1-2H3. The lowest BCUT2D eigenvalue weighted by molar-refractivity contribution is 0.0525. The molecule has 0 saturated carbocycles. The van der Waals surface area contributed by atoms with Crippen LogP contribution in [0.15, 0.2) is 30.3 Å². The van der Waals surface area contributed by atoms with E-state index in [-0.39, 0.29) is 24.5 Å². The Morgan fingerprint density at radius 1 is 1.38 bits per heavy atom. The Hall–Kier alpha value is -2.38. The van der Waals surface area contributed by atoms with Gasteiger partial charge >= 0.3 is 13.1 Å². The molecule has 24 heavy (non-hydrogen) atoms. The molecular weight excluding hydrogens is 314 g/mol. The molecule has 0 amide bonds. The van der Waals surface area contributed by atoms with Gasteiger partial charge in [-0.05, 0) is 54.7 Å². The summed E-state index contributed by atoms with van der Waals surface area (Å²) in [5.74, 6) is -0.779. The number of halogens is 1. The molecule has 1 N–H and O–H groups in total. The zero-order chi connectivity index (χ0) is 17.3. The number of benzene rings is 2. The van der Waals surface area contributed by atoms with E-state index in [4.69, 9.17) is 14.1 Å². The van der Waals surface area contributed by atoms with Gasteiger partial charge in [-0.25, -0.2) is 9.18 Å². The lowest BCUT2D eigenvalue weighted by Crippen LogP contribution is -2.27. The largest absolute Gasteiger partial charge is 0.491 e. The molecule has 1 aliphatic rings. The number of carbonyl (C=O) groups is 1. The number of carbonyl (C=O) groups excluding carboxylic acids is 1. The molecule has 2 aromatic rings. The predicted molar refractivity (Wildman–Crippen MR) is 86.0 cm³/mol. The number of esters is 1. The second-order valence-electron chi connectivity index (χ2n) is 5.44. The molecule has 124 valence electrons. The average molecular weight is 330 g/mol. The quantitative estimate of drug-likeness (QED) is 0.688. The van der Waals surface area contributed by atoms with Crippen molar-refractivity contribution in [2.24, 2.45) is 0 Å². The maximum atomic E-state index is 14.3. The van der Waals surface area contributed by atoms with E-state index in [2.05, 4.69) is 0 Å². The Labute approximate surface area is 139 Å². The van der Waals surface area contributed by atoms with Gasteiger partial charge in [0.15, 0.2) is 11.6 Å². The topological polar surface area (TPSA) is 65.0 Å². The first-order valence-electron chi connectivity index (χ1n) is 7.57. The molecule has 0 aliphatic carbocycles.